The van der Waals surface area contributed by atoms with Gasteiger partial charge in [0.1, 0.15) is 0 Å². The van der Waals surface area contributed by atoms with Crippen molar-refractivity contribution in [3.8, 4) is 0 Å². The van der Waals surface area contributed by atoms with Gasteiger partial charge < -0.3 is 5.32 Å². The van der Waals surface area contributed by atoms with Crippen LogP contribution in [0, 0.1) is 0 Å². The van der Waals surface area contributed by atoms with Crippen LogP contribution in [0.15, 0.2) is 42.7 Å². The van der Waals surface area contributed by atoms with E-state index in [4.69, 9.17) is 0 Å². The molecule has 0 amide bonds. The number of nitrogens with one attached hydrogen (secondary N) is 1. The Kier molecular flexibility index (Phi) is 3.69. The highest BCUT2D eigenvalue weighted by Gasteiger charge is 2.03. The van der Waals surface area contributed by atoms with Crippen LogP contribution in [0.2, 0.25) is 0 Å². The lowest BCUT2D eigenvalue weighted by atomic mass is 10.2. The maximum absolute atomic E-state index is 12.0. The summed E-state index contributed by atoms with van der Waals surface area (Å²) in [6.07, 6.45) is 0.910. The fourth-order valence-corrected chi connectivity index (χ4v) is 1.51. The van der Waals surface area contributed by atoms with Crippen LogP contribution in [0.3, 0.4) is 0 Å². The molecule has 1 N–H and O–H groups in total. The predicted octanol–water partition coefficient (Wildman–Crippen LogP) is 2.61. The van der Waals surface area contributed by atoms with Crippen LogP contribution in [-0.4, -0.2) is 22.8 Å². The minimum absolute atomic E-state index is 0.350. The third kappa shape index (κ3) is 3.55. The van der Waals surface area contributed by atoms with Gasteiger partial charge in [0.2, 0.25) is 0 Å². The van der Waals surface area contributed by atoms with Crippen LogP contribution < -0.4 is 5.32 Å². The monoisotopic (exact) mass is 237 g/mol. The van der Waals surface area contributed by atoms with Gasteiger partial charge in [-0.2, -0.15) is 5.10 Å². The van der Waals surface area contributed by atoms with Gasteiger partial charge in [0.25, 0.3) is 6.43 Å². The van der Waals surface area contributed by atoms with Crippen molar-refractivity contribution in [1.82, 2.24) is 9.78 Å². The summed E-state index contributed by atoms with van der Waals surface area (Å²) >= 11 is 0. The van der Waals surface area contributed by atoms with Crippen molar-refractivity contribution in [1.29, 1.82) is 0 Å². The van der Waals surface area contributed by atoms with E-state index in [9.17, 15) is 8.78 Å². The Hall–Kier alpha value is -1.91. The second-order valence-corrected chi connectivity index (χ2v) is 3.68. The highest BCUT2D eigenvalue weighted by molar-refractivity contribution is 5.38. The van der Waals surface area contributed by atoms with Gasteiger partial charge in [0, 0.05) is 6.20 Å². The van der Waals surface area contributed by atoms with Crippen molar-refractivity contribution in [2.24, 2.45) is 0 Å². The lowest BCUT2D eigenvalue weighted by Crippen LogP contribution is -2.09. The topological polar surface area (TPSA) is 29.9 Å². The summed E-state index contributed by atoms with van der Waals surface area (Å²) < 4.78 is 25.7. The zero-order chi connectivity index (χ0) is 12.1. The van der Waals surface area contributed by atoms with Gasteiger partial charge in [-0.25, -0.2) is 8.78 Å². The molecule has 0 unspecified atom stereocenters. The number of anilines is 1. The Labute approximate surface area is 98.1 Å². The van der Waals surface area contributed by atoms with Crippen LogP contribution in [-0.2, 0) is 6.54 Å². The highest BCUT2D eigenvalue weighted by atomic mass is 19.3. The van der Waals surface area contributed by atoms with E-state index in [2.05, 4.69) is 10.4 Å². The number of rotatable bonds is 5. The summed E-state index contributed by atoms with van der Waals surface area (Å²) in [6.45, 7) is 0.286. The molecule has 2 aromatic rings. The fourth-order valence-electron chi connectivity index (χ4n) is 1.51. The summed E-state index contributed by atoms with van der Waals surface area (Å²) in [5, 5.41) is 6.72. The normalized spacial score (nSPS) is 10.8. The third-order valence-electron chi connectivity index (χ3n) is 2.28. The van der Waals surface area contributed by atoms with Crippen molar-refractivity contribution < 1.29 is 8.78 Å². The van der Waals surface area contributed by atoms with Crippen molar-refractivity contribution in [3.05, 3.63) is 48.3 Å². The van der Waals surface area contributed by atoms with Crippen LogP contribution in [0.5, 0.6) is 0 Å². The number of benzene rings is 1. The third-order valence-corrected chi connectivity index (χ3v) is 2.28. The standard InChI is InChI=1S/C12H13F2N3/c13-12(14)7-15-11-6-16-17(9-11)8-10-4-2-1-3-5-10/h1-6,9,12,15H,7-8H2. The van der Waals surface area contributed by atoms with E-state index in [1.54, 1.807) is 17.1 Å². The average Bonchev–Trinajstić information content (AvgIpc) is 2.75. The number of aromatic nitrogens is 2. The SMILES string of the molecule is FC(F)CNc1cnn(Cc2ccccc2)c1. The fraction of sp³-hybridized carbons (Fsp3) is 0.250. The maximum atomic E-state index is 12.0. The predicted molar refractivity (Wildman–Crippen MR) is 62.3 cm³/mol. The second kappa shape index (κ2) is 5.43. The van der Waals surface area contributed by atoms with Crippen LogP contribution >= 0.6 is 0 Å². The minimum Gasteiger partial charge on any atom is -0.377 e. The van der Waals surface area contributed by atoms with Gasteiger partial charge in [-0.3, -0.25) is 4.68 Å². The van der Waals surface area contributed by atoms with Gasteiger partial charge in [0.15, 0.2) is 0 Å². The van der Waals surface area contributed by atoms with E-state index in [0.717, 1.165) is 5.56 Å². The Morgan fingerprint density at radius 3 is 2.71 bits per heavy atom. The zero-order valence-corrected chi connectivity index (χ0v) is 9.18. The molecular weight excluding hydrogens is 224 g/mol. The Bertz CT molecular complexity index is 454. The first kappa shape index (κ1) is 11.6. The average molecular weight is 237 g/mol. The van der Waals surface area contributed by atoms with Crippen LogP contribution in [0.1, 0.15) is 5.56 Å². The van der Waals surface area contributed by atoms with Crippen molar-refractivity contribution in [2.45, 2.75) is 13.0 Å². The second-order valence-electron chi connectivity index (χ2n) is 3.68. The molecule has 0 fully saturated rings. The first-order chi connectivity index (χ1) is 8.24. The molecular formula is C12H13F2N3. The Morgan fingerprint density at radius 1 is 1.24 bits per heavy atom. The molecule has 0 radical (unpaired) electrons. The van der Waals surface area contributed by atoms with E-state index < -0.39 is 6.43 Å². The number of hydrogen-bond donors (Lipinski definition) is 1. The molecule has 0 spiro atoms. The molecule has 0 aliphatic heterocycles. The number of nitrogens with zero attached hydrogens (tertiary/aromatic N) is 2. The molecule has 0 atom stereocenters. The smallest absolute Gasteiger partial charge is 0.255 e. The zero-order valence-electron chi connectivity index (χ0n) is 9.18. The largest absolute Gasteiger partial charge is 0.377 e. The minimum atomic E-state index is -2.35. The number of halogens is 2. The molecule has 0 aliphatic carbocycles. The lowest BCUT2D eigenvalue weighted by Gasteiger charge is -2.02. The van der Waals surface area contributed by atoms with Crippen LogP contribution in [0.25, 0.3) is 0 Å². The molecule has 1 heterocycles. The summed E-state index contributed by atoms with van der Waals surface area (Å²) in [5.74, 6) is 0. The van der Waals surface area contributed by atoms with Gasteiger partial charge in [-0.15, -0.1) is 0 Å². The van der Waals surface area contributed by atoms with Gasteiger partial charge in [-0.05, 0) is 5.56 Å². The summed E-state index contributed by atoms with van der Waals surface area (Å²) in [7, 11) is 0. The van der Waals surface area contributed by atoms with Gasteiger partial charge >= 0.3 is 0 Å². The van der Waals surface area contributed by atoms with Crippen molar-refractivity contribution in [2.75, 3.05) is 11.9 Å². The quantitative estimate of drug-likeness (QED) is 0.866. The number of alkyl halides is 2. The summed E-state index contributed by atoms with van der Waals surface area (Å²) in [6, 6.07) is 9.84. The molecule has 0 saturated carbocycles. The molecule has 3 nitrogen and oxygen atoms in total. The first-order valence-corrected chi connectivity index (χ1v) is 5.32. The number of hydrogen-bond acceptors (Lipinski definition) is 2. The van der Waals surface area contributed by atoms with E-state index in [1.807, 2.05) is 30.3 Å². The molecule has 1 aromatic carbocycles. The van der Waals surface area contributed by atoms with E-state index >= 15 is 0 Å². The van der Waals surface area contributed by atoms with Gasteiger partial charge in [-0.1, -0.05) is 30.3 Å². The Balaban J connectivity index is 1.94. The van der Waals surface area contributed by atoms with Crippen molar-refractivity contribution in [3.63, 3.8) is 0 Å². The van der Waals surface area contributed by atoms with E-state index in [0.29, 0.717) is 12.2 Å². The highest BCUT2D eigenvalue weighted by Crippen LogP contribution is 2.08. The lowest BCUT2D eigenvalue weighted by molar-refractivity contribution is 0.163. The molecule has 0 bridgehead atoms. The molecule has 0 saturated heterocycles. The van der Waals surface area contributed by atoms with E-state index in [-0.39, 0.29) is 6.54 Å². The molecule has 17 heavy (non-hydrogen) atoms. The summed E-state index contributed by atoms with van der Waals surface area (Å²) in [5.41, 5.74) is 1.73. The first-order valence-electron chi connectivity index (χ1n) is 5.32. The van der Waals surface area contributed by atoms with Gasteiger partial charge in [0.05, 0.1) is 25.0 Å². The maximum Gasteiger partial charge on any atom is 0.255 e. The molecule has 2 rings (SSSR count). The van der Waals surface area contributed by atoms with Crippen LogP contribution in [0.4, 0.5) is 14.5 Å². The van der Waals surface area contributed by atoms with E-state index in [1.165, 1.54) is 0 Å². The molecule has 1 aromatic heterocycles. The molecule has 0 aliphatic rings. The Morgan fingerprint density at radius 2 is 2.00 bits per heavy atom. The summed E-state index contributed by atoms with van der Waals surface area (Å²) in [4.78, 5) is 0. The molecule has 90 valence electrons. The molecule has 5 heteroatoms. The van der Waals surface area contributed by atoms with Crippen molar-refractivity contribution >= 4 is 5.69 Å².